The number of primary amides is 1. The Balaban J connectivity index is 0.000000364. The van der Waals surface area contributed by atoms with Gasteiger partial charge in [-0.2, -0.15) is 0 Å². The second kappa shape index (κ2) is 6.68. The predicted molar refractivity (Wildman–Crippen MR) is 60.7 cm³/mol. The summed E-state index contributed by atoms with van der Waals surface area (Å²) in [6.07, 6.45) is 0.997. The third-order valence-corrected chi connectivity index (χ3v) is 2.13. The summed E-state index contributed by atoms with van der Waals surface area (Å²) in [5.74, 6) is -0.333. The summed E-state index contributed by atoms with van der Waals surface area (Å²) in [5, 5.41) is 1.26. The lowest BCUT2D eigenvalue weighted by Gasteiger charge is -1.97. The highest BCUT2D eigenvalue weighted by atomic mass is 35.5. The van der Waals surface area contributed by atoms with Crippen LogP contribution in [-0.2, 0) is 11.2 Å². The Morgan fingerprint density at radius 1 is 1.36 bits per heavy atom. The number of hydrogen-bond donors (Lipinski definition) is 1. The fraction of sp³-hybridized carbons (Fsp3) is 0.300. The Kier molecular flexibility index (Phi) is 6.34. The number of amides is 1. The van der Waals surface area contributed by atoms with Gasteiger partial charge in [-0.1, -0.05) is 36.2 Å². The van der Waals surface area contributed by atoms with Crippen LogP contribution in [0.15, 0.2) is 18.2 Å². The number of aryl methyl sites for hydroxylation is 1. The van der Waals surface area contributed by atoms with E-state index in [0.717, 1.165) is 6.42 Å². The SMILES string of the molecule is CC(N)=O.CCc1ccc(Cl)c(Cl)c1. The van der Waals surface area contributed by atoms with Gasteiger partial charge in [0.1, 0.15) is 0 Å². The Bertz CT molecular complexity index is 309. The number of nitrogens with two attached hydrogens (primary N) is 1. The van der Waals surface area contributed by atoms with Crippen molar-refractivity contribution in [3.8, 4) is 0 Å². The molecule has 1 aromatic rings. The maximum atomic E-state index is 9.22. The van der Waals surface area contributed by atoms with Crippen molar-refractivity contribution in [1.82, 2.24) is 0 Å². The zero-order valence-corrected chi connectivity index (χ0v) is 9.69. The van der Waals surface area contributed by atoms with Gasteiger partial charge in [-0.15, -0.1) is 0 Å². The lowest BCUT2D eigenvalue weighted by Crippen LogP contribution is -2.01. The quantitative estimate of drug-likeness (QED) is 0.797. The molecule has 2 N–H and O–H groups in total. The van der Waals surface area contributed by atoms with Crippen molar-refractivity contribution in [2.24, 2.45) is 5.73 Å². The van der Waals surface area contributed by atoms with Crippen LogP contribution in [0.25, 0.3) is 0 Å². The largest absolute Gasteiger partial charge is 0.370 e. The lowest BCUT2D eigenvalue weighted by molar-refractivity contribution is -0.115. The molecule has 1 aromatic carbocycles. The maximum absolute atomic E-state index is 9.22. The summed E-state index contributed by atoms with van der Waals surface area (Å²) in [4.78, 5) is 9.22. The molecule has 0 bridgehead atoms. The summed E-state index contributed by atoms with van der Waals surface area (Å²) < 4.78 is 0. The molecule has 0 spiro atoms. The molecule has 2 nitrogen and oxygen atoms in total. The highest BCUT2D eigenvalue weighted by molar-refractivity contribution is 6.42. The zero-order valence-electron chi connectivity index (χ0n) is 8.18. The van der Waals surface area contributed by atoms with E-state index in [0.29, 0.717) is 10.0 Å². The van der Waals surface area contributed by atoms with Crippen molar-refractivity contribution in [3.63, 3.8) is 0 Å². The van der Waals surface area contributed by atoms with Crippen LogP contribution in [0.2, 0.25) is 10.0 Å². The topological polar surface area (TPSA) is 43.1 Å². The van der Waals surface area contributed by atoms with Gasteiger partial charge in [0.25, 0.3) is 0 Å². The van der Waals surface area contributed by atoms with Crippen molar-refractivity contribution < 1.29 is 4.79 Å². The Labute approximate surface area is 94.0 Å². The summed E-state index contributed by atoms with van der Waals surface area (Å²) in [6.45, 7) is 3.39. The molecule has 78 valence electrons. The molecule has 0 atom stereocenters. The number of hydrogen-bond acceptors (Lipinski definition) is 1. The molecule has 0 aromatic heterocycles. The van der Waals surface area contributed by atoms with Crippen LogP contribution in [-0.4, -0.2) is 5.91 Å². The predicted octanol–water partition coefficient (Wildman–Crippen LogP) is 3.05. The summed E-state index contributed by atoms with van der Waals surface area (Å²) in [6, 6.07) is 5.70. The van der Waals surface area contributed by atoms with E-state index >= 15 is 0 Å². The Morgan fingerprint density at radius 3 is 2.21 bits per heavy atom. The highest BCUT2D eigenvalue weighted by Gasteiger charge is 1.96. The first-order chi connectivity index (χ1) is 6.47. The van der Waals surface area contributed by atoms with Crippen molar-refractivity contribution in [3.05, 3.63) is 33.8 Å². The fourth-order valence-corrected chi connectivity index (χ4v) is 1.08. The molecule has 0 saturated carbocycles. The monoisotopic (exact) mass is 233 g/mol. The highest BCUT2D eigenvalue weighted by Crippen LogP contribution is 2.22. The Morgan fingerprint density at radius 2 is 1.86 bits per heavy atom. The van der Waals surface area contributed by atoms with Crippen molar-refractivity contribution in [2.75, 3.05) is 0 Å². The average Bonchev–Trinajstić information content (AvgIpc) is 2.09. The molecule has 0 aliphatic rings. The standard InChI is InChI=1S/C8H8Cl2.C2H5NO/c1-2-6-3-4-7(9)8(10)5-6;1-2(3)4/h3-5H,2H2,1H3;1H3,(H2,3,4). The van der Waals surface area contributed by atoms with E-state index in [-0.39, 0.29) is 5.91 Å². The lowest BCUT2D eigenvalue weighted by atomic mass is 10.2. The molecular formula is C10H13Cl2NO. The molecule has 0 fully saturated rings. The molecule has 0 aliphatic carbocycles. The van der Waals surface area contributed by atoms with Crippen molar-refractivity contribution >= 4 is 29.1 Å². The van der Waals surface area contributed by atoms with Crippen LogP contribution in [0.4, 0.5) is 0 Å². The van der Waals surface area contributed by atoms with Gasteiger partial charge in [0.05, 0.1) is 10.0 Å². The molecular weight excluding hydrogens is 221 g/mol. The first-order valence-electron chi connectivity index (χ1n) is 4.17. The van der Waals surface area contributed by atoms with Gasteiger partial charge in [0, 0.05) is 6.92 Å². The van der Waals surface area contributed by atoms with Crippen LogP contribution in [0.1, 0.15) is 19.4 Å². The van der Waals surface area contributed by atoms with Crippen LogP contribution in [0, 0.1) is 0 Å². The minimum atomic E-state index is -0.333. The summed E-state index contributed by atoms with van der Waals surface area (Å²) in [7, 11) is 0. The van der Waals surface area contributed by atoms with Crippen LogP contribution in [0.5, 0.6) is 0 Å². The van der Waals surface area contributed by atoms with Crippen LogP contribution >= 0.6 is 23.2 Å². The van der Waals surface area contributed by atoms with E-state index in [9.17, 15) is 4.79 Å². The van der Waals surface area contributed by atoms with E-state index in [2.05, 4.69) is 12.7 Å². The zero-order chi connectivity index (χ0) is 11.1. The van der Waals surface area contributed by atoms with E-state index in [4.69, 9.17) is 23.2 Å². The van der Waals surface area contributed by atoms with Gasteiger partial charge in [-0.3, -0.25) is 4.79 Å². The number of rotatable bonds is 1. The van der Waals surface area contributed by atoms with Gasteiger partial charge < -0.3 is 5.73 Å². The summed E-state index contributed by atoms with van der Waals surface area (Å²) >= 11 is 11.5. The Hall–Kier alpha value is -0.730. The van der Waals surface area contributed by atoms with Gasteiger partial charge in [0.2, 0.25) is 5.91 Å². The molecule has 0 radical (unpaired) electrons. The molecule has 1 amide bonds. The second-order valence-corrected chi connectivity index (χ2v) is 3.53. The molecule has 0 saturated heterocycles. The van der Waals surface area contributed by atoms with Crippen molar-refractivity contribution in [2.45, 2.75) is 20.3 Å². The third-order valence-electron chi connectivity index (χ3n) is 1.39. The molecule has 4 heteroatoms. The first kappa shape index (κ1) is 13.3. The van der Waals surface area contributed by atoms with Gasteiger partial charge >= 0.3 is 0 Å². The van der Waals surface area contributed by atoms with Gasteiger partial charge in [-0.25, -0.2) is 0 Å². The fourth-order valence-electron chi connectivity index (χ4n) is 0.760. The van der Waals surface area contributed by atoms with Gasteiger partial charge in [-0.05, 0) is 24.1 Å². The molecule has 0 unspecified atom stereocenters. The number of halogens is 2. The minimum absolute atomic E-state index is 0.333. The molecule has 0 heterocycles. The number of carbonyl (C=O) groups excluding carboxylic acids is 1. The normalized spacial score (nSPS) is 8.86. The minimum Gasteiger partial charge on any atom is -0.370 e. The number of carbonyl (C=O) groups is 1. The smallest absolute Gasteiger partial charge is 0.214 e. The van der Waals surface area contributed by atoms with E-state index in [1.165, 1.54) is 12.5 Å². The van der Waals surface area contributed by atoms with E-state index in [1.54, 1.807) is 0 Å². The number of benzene rings is 1. The average molecular weight is 234 g/mol. The first-order valence-corrected chi connectivity index (χ1v) is 4.93. The molecule has 0 aliphatic heterocycles. The van der Waals surface area contributed by atoms with Crippen LogP contribution in [0.3, 0.4) is 0 Å². The third kappa shape index (κ3) is 5.84. The van der Waals surface area contributed by atoms with Crippen LogP contribution < -0.4 is 5.73 Å². The second-order valence-electron chi connectivity index (χ2n) is 2.71. The summed E-state index contributed by atoms with van der Waals surface area (Å²) in [5.41, 5.74) is 5.69. The van der Waals surface area contributed by atoms with E-state index < -0.39 is 0 Å². The van der Waals surface area contributed by atoms with Gasteiger partial charge in [0.15, 0.2) is 0 Å². The maximum Gasteiger partial charge on any atom is 0.214 e. The molecule has 14 heavy (non-hydrogen) atoms. The molecule has 1 rings (SSSR count). The van der Waals surface area contributed by atoms with Crippen molar-refractivity contribution in [1.29, 1.82) is 0 Å². The van der Waals surface area contributed by atoms with E-state index in [1.807, 2.05) is 18.2 Å².